The van der Waals surface area contributed by atoms with Gasteiger partial charge in [0.2, 0.25) is 0 Å². The number of nitriles is 1. The number of alkyl carbamates (subject to hydrolysis) is 1. The molecule has 0 fully saturated rings. The Hall–Kier alpha value is -3.27. The molecule has 0 atom stereocenters. The Morgan fingerprint density at radius 2 is 2.14 bits per heavy atom. The van der Waals surface area contributed by atoms with E-state index in [2.05, 4.69) is 20.9 Å². The minimum atomic E-state index is -0.486. The number of aryl methyl sites for hydroxylation is 1. The van der Waals surface area contributed by atoms with Crippen molar-refractivity contribution < 1.29 is 9.53 Å². The number of benzene rings is 1. The lowest BCUT2D eigenvalue weighted by Crippen LogP contribution is -2.33. The Kier molecular flexibility index (Phi) is 5.69. The molecule has 0 aliphatic carbocycles. The first-order valence-corrected chi connectivity index (χ1v) is 9.30. The van der Waals surface area contributed by atoms with E-state index in [1.54, 1.807) is 6.33 Å². The summed E-state index contributed by atoms with van der Waals surface area (Å²) >= 11 is 0. The van der Waals surface area contributed by atoms with E-state index in [4.69, 9.17) is 10.00 Å². The topological polar surface area (TPSA) is 84.9 Å². The quantitative estimate of drug-likeness (QED) is 0.662. The van der Waals surface area contributed by atoms with Gasteiger partial charge in [0.15, 0.2) is 0 Å². The first-order chi connectivity index (χ1) is 13.3. The molecular formula is C21H25N5O2. The summed E-state index contributed by atoms with van der Waals surface area (Å²) in [5, 5.41) is 13.0. The molecule has 0 radical (unpaired) electrons. The molecule has 0 saturated carbocycles. The summed E-state index contributed by atoms with van der Waals surface area (Å²) in [6.45, 7) is 7.47. The number of aromatic nitrogens is 3. The van der Waals surface area contributed by atoms with Gasteiger partial charge in [0.25, 0.3) is 0 Å². The summed E-state index contributed by atoms with van der Waals surface area (Å²) in [7, 11) is 0. The van der Waals surface area contributed by atoms with Gasteiger partial charge in [-0.2, -0.15) is 5.26 Å². The van der Waals surface area contributed by atoms with Crippen molar-refractivity contribution in [2.75, 3.05) is 6.54 Å². The molecule has 28 heavy (non-hydrogen) atoms. The van der Waals surface area contributed by atoms with Crippen molar-refractivity contribution in [3.8, 4) is 6.07 Å². The van der Waals surface area contributed by atoms with Crippen molar-refractivity contribution in [3.05, 3.63) is 54.2 Å². The highest BCUT2D eigenvalue weighted by molar-refractivity contribution is 5.81. The Balaban J connectivity index is 1.52. The largest absolute Gasteiger partial charge is 0.444 e. The van der Waals surface area contributed by atoms with Crippen molar-refractivity contribution in [3.63, 3.8) is 0 Å². The first kappa shape index (κ1) is 19.5. The average Bonchev–Trinajstić information content (AvgIpc) is 3.24. The van der Waals surface area contributed by atoms with Crippen LogP contribution in [0.25, 0.3) is 10.9 Å². The zero-order chi connectivity index (χ0) is 20.1. The fourth-order valence-electron chi connectivity index (χ4n) is 2.94. The number of rotatable bonds is 6. The Morgan fingerprint density at radius 1 is 1.32 bits per heavy atom. The van der Waals surface area contributed by atoms with Crippen LogP contribution < -0.4 is 5.32 Å². The SMILES string of the molecule is CC(C)(C)OC(=O)NCCCn1cnc(Cn2ccc3ccc(C#N)cc32)c1. The molecule has 3 aromatic rings. The van der Waals surface area contributed by atoms with E-state index < -0.39 is 11.7 Å². The highest BCUT2D eigenvalue weighted by Gasteiger charge is 2.15. The van der Waals surface area contributed by atoms with E-state index in [1.165, 1.54) is 0 Å². The van der Waals surface area contributed by atoms with Crippen molar-refractivity contribution in [2.24, 2.45) is 0 Å². The number of imidazole rings is 1. The van der Waals surface area contributed by atoms with Gasteiger partial charge in [0.1, 0.15) is 5.60 Å². The van der Waals surface area contributed by atoms with Crippen molar-refractivity contribution in [1.29, 1.82) is 5.26 Å². The Morgan fingerprint density at radius 3 is 2.89 bits per heavy atom. The number of hydrogen-bond donors (Lipinski definition) is 1. The number of amides is 1. The molecule has 146 valence electrons. The molecule has 2 heterocycles. The molecule has 1 N–H and O–H groups in total. The predicted octanol–water partition coefficient (Wildman–Crippen LogP) is 3.67. The van der Waals surface area contributed by atoms with Crippen molar-refractivity contribution in [2.45, 2.75) is 45.9 Å². The summed E-state index contributed by atoms with van der Waals surface area (Å²) < 4.78 is 9.31. The fraction of sp³-hybridized carbons (Fsp3) is 0.381. The number of ether oxygens (including phenoxy) is 1. The van der Waals surface area contributed by atoms with Crippen molar-refractivity contribution >= 4 is 17.0 Å². The standard InChI is InChI=1S/C21H25N5O2/c1-21(2,3)28-20(27)23-8-4-9-25-13-18(24-15-25)14-26-10-7-17-6-5-16(12-22)11-19(17)26/h5-7,10-11,13,15H,4,8-9,14H2,1-3H3,(H,23,27). The average molecular weight is 379 g/mol. The van der Waals surface area contributed by atoms with Crippen LogP contribution in [-0.4, -0.2) is 32.4 Å². The van der Waals surface area contributed by atoms with Gasteiger partial charge in [-0.25, -0.2) is 9.78 Å². The Bertz CT molecular complexity index is 1000. The number of nitrogens with one attached hydrogen (secondary N) is 1. The molecule has 0 aliphatic heterocycles. The van der Waals surface area contributed by atoms with Gasteiger partial charge in [-0.1, -0.05) is 6.07 Å². The molecule has 1 aromatic carbocycles. The fourth-order valence-corrected chi connectivity index (χ4v) is 2.94. The van der Waals surface area contributed by atoms with E-state index in [0.717, 1.165) is 29.6 Å². The van der Waals surface area contributed by atoms with Gasteiger partial charge in [-0.05, 0) is 50.8 Å². The van der Waals surface area contributed by atoms with Gasteiger partial charge in [-0.3, -0.25) is 0 Å². The van der Waals surface area contributed by atoms with Crippen LogP contribution in [0.4, 0.5) is 4.79 Å². The zero-order valence-electron chi connectivity index (χ0n) is 16.5. The number of hydrogen-bond acceptors (Lipinski definition) is 4. The van der Waals surface area contributed by atoms with Gasteiger partial charge in [0.05, 0.1) is 30.2 Å². The molecule has 0 spiro atoms. The van der Waals surface area contributed by atoms with Crippen LogP contribution >= 0.6 is 0 Å². The maximum Gasteiger partial charge on any atom is 0.407 e. The first-order valence-electron chi connectivity index (χ1n) is 9.30. The molecule has 0 bridgehead atoms. The van der Waals surface area contributed by atoms with E-state index in [-0.39, 0.29) is 0 Å². The van der Waals surface area contributed by atoms with E-state index in [9.17, 15) is 4.79 Å². The Labute approximate surface area is 164 Å². The van der Waals surface area contributed by atoms with Crippen LogP contribution in [0.15, 0.2) is 43.0 Å². The van der Waals surface area contributed by atoms with Crippen LogP contribution in [0.2, 0.25) is 0 Å². The number of fused-ring (bicyclic) bond motifs is 1. The molecular weight excluding hydrogens is 354 g/mol. The molecule has 3 rings (SSSR count). The summed E-state index contributed by atoms with van der Waals surface area (Å²) in [5.74, 6) is 0. The van der Waals surface area contributed by atoms with Gasteiger partial charge in [0, 0.05) is 31.0 Å². The summed E-state index contributed by atoms with van der Waals surface area (Å²) in [4.78, 5) is 16.1. The molecule has 0 unspecified atom stereocenters. The van der Waals surface area contributed by atoms with Crippen LogP contribution in [0.3, 0.4) is 0 Å². The lowest BCUT2D eigenvalue weighted by Gasteiger charge is -2.19. The smallest absolute Gasteiger partial charge is 0.407 e. The van der Waals surface area contributed by atoms with E-state index >= 15 is 0 Å². The van der Waals surface area contributed by atoms with Gasteiger partial charge in [-0.15, -0.1) is 0 Å². The second-order valence-corrected chi connectivity index (χ2v) is 7.71. The monoisotopic (exact) mass is 379 g/mol. The van der Waals surface area contributed by atoms with Crippen molar-refractivity contribution in [1.82, 2.24) is 19.4 Å². The third kappa shape index (κ3) is 5.13. The van der Waals surface area contributed by atoms with E-state index in [0.29, 0.717) is 18.7 Å². The maximum absolute atomic E-state index is 11.6. The highest BCUT2D eigenvalue weighted by atomic mass is 16.6. The highest BCUT2D eigenvalue weighted by Crippen LogP contribution is 2.18. The molecule has 7 nitrogen and oxygen atoms in total. The molecule has 7 heteroatoms. The second-order valence-electron chi connectivity index (χ2n) is 7.71. The minimum absolute atomic E-state index is 0.393. The van der Waals surface area contributed by atoms with Crippen LogP contribution in [0.5, 0.6) is 0 Å². The third-order valence-electron chi connectivity index (χ3n) is 4.18. The minimum Gasteiger partial charge on any atom is -0.444 e. The number of carbonyl (C=O) groups is 1. The second kappa shape index (κ2) is 8.17. The van der Waals surface area contributed by atoms with Gasteiger partial charge < -0.3 is 19.2 Å². The predicted molar refractivity (Wildman–Crippen MR) is 107 cm³/mol. The maximum atomic E-state index is 11.6. The summed E-state index contributed by atoms with van der Waals surface area (Å²) in [5.41, 5.74) is 2.13. The van der Waals surface area contributed by atoms with Crippen LogP contribution in [0.1, 0.15) is 38.4 Å². The molecule has 0 saturated heterocycles. The lowest BCUT2D eigenvalue weighted by atomic mass is 10.2. The third-order valence-corrected chi connectivity index (χ3v) is 4.18. The molecule has 1 amide bonds. The number of carbonyl (C=O) groups excluding carboxylic acids is 1. The summed E-state index contributed by atoms with van der Waals surface area (Å²) in [6, 6.07) is 9.90. The zero-order valence-corrected chi connectivity index (χ0v) is 16.5. The van der Waals surface area contributed by atoms with Gasteiger partial charge >= 0.3 is 6.09 Å². The van der Waals surface area contributed by atoms with E-state index in [1.807, 2.05) is 62.0 Å². The van der Waals surface area contributed by atoms with Crippen LogP contribution in [-0.2, 0) is 17.8 Å². The lowest BCUT2D eigenvalue weighted by molar-refractivity contribution is 0.0526. The summed E-state index contributed by atoms with van der Waals surface area (Å²) in [6.07, 6.45) is 6.21. The molecule has 0 aliphatic rings. The number of nitrogens with zero attached hydrogens (tertiary/aromatic N) is 4. The van der Waals surface area contributed by atoms with Crippen LogP contribution in [0, 0.1) is 11.3 Å². The molecule has 2 aromatic heterocycles. The normalized spacial score (nSPS) is 11.4.